The summed E-state index contributed by atoms with van der Waals surface area (Å²) in [5, 5.41) is 20.2. The lowest BCUT2D eigenvalue weighted by Crippen LogP contribution is -2.33. The number of carboxylic acid groups (broad SMARTS) is 1. The predicted molar refractivity (Wildman–Crippen MR) is 109 cm³/mol. The Morgan fingerprint density at radius 1 is 1.10 bits per heavy atom. The van der Waals surface area contributed by atoms with E-state index in [1.807, 2.05) is 0 Å². The lowest BCUT2D eigenvalue weighted by molar-refractivity contribution is 0.0697. The van der Waals surface area contributed by atoms with Crippen molar-refractivity contribution in [1.29, 1.82) is 0 Å². The van der Waals surface area contributed by atoms with Crippen molar-refractivity contribution in [3.05, 3.63) is 85.5 Å². The van der Waals surface area contributed by atoms with Crippen molar-refractivity contribution in [2.45, 2.75) is 13.3 Å². The number of hydrogen-bond acceptors (Lipinski definition) is 5. The first-order valence-corrected chi connectivity index (χ1v) is 8.95. The highest BCUT2D eigenvalue weighted by Gasteiger charge is 2.19. The summed E-state index contributed by atoms with van der Waals surface area (Å²) >= 11 is 5.87. The molecule has 0 aliphatic rings. The fourth-order valence-electron chi connectivity index (χ4n) is 2.76. The van der Waals surface area contributed by atoms with Crippen LogP contribution in [0.4, 0.5) is 5.69 Å². The summed E-state index contributed by atoms with van der Waals surface area (Å²) in [6.07, 6.45) is 0.274. The summed E-state index contributed by atoms with van der Waals surface area (Å²) < 4.78 is 0.950. The molecule has 9 heteroatoms. The summed E-state index contributed by atoms with van der Waals surface area (Å²) in [4.78, 5) is 42.2. The maximum absolute atomic E-state index is 12.4. The van der Waals surface area contributed by atoms with Crippen LogP contribution in [0.5, 0.6) is 5.88 Å². The van der Waals surface area contributed by atoms with Gasteiger partial charge in [-0.15, -0.1) is 0 Å². The molecule has 0 fully saturated rings. The topological polar surface area (TPSA) is 125 Å². The van der Waals surface area contributed by atoms with E-state index in [1.54, 1.807) is 19.1 Å². The molecule has 1 aromatic heterocycles. The van der Waals surface area contributed by atoms with Gasteiger partial charge in [-0.3, -0.25) is 14.8 Å². The van der Waals surface area contributed by atoms with Gasteiger partial charge in [0.15, 0.2) is 0 Å². The molecule has 1 heterocycles. The molecule has 3 aromatic rings. The third-order valence-corrected chi connectivity index (χ3v) is 4.42. The number of carboxylic acids is 1. The van der Waals surface area contributed by atoms with Crippen molar-refractivity contribution in [3.63, 3.8) is 0 Å². The third-order valence-electron chi connectivity index (χ3n) is 4.17. The number of aromatic hydroxyl groups is 1. The van der Waals surface area contributed by atoms with Crippen LogP contribution in [0.15, 0.2) is 63.1 Å². The van der Waals surface area contributed by atoms with Crippen molar-refractivity contribution in [2.24, 2.45) is 4.99 Å². The van der Waals surface area contributed by atoms with E-state index in [2.05, 4.69) is 9.98 Å². The monoisotopic (exact) mass is 413 g/mol. The number of carbonyl (C=O) groups is 1. The maximum Gasteiger partial charge on any atom is 0.335 e. The standard InChI is InChI=1S/C20H16ClN3O5/c1-2-15(22-13-7-3-11(4-8-13)19(27)28)16-17(25)23-20(29)24(18(16)26)14-9-5-12(21)6-10-14/h3-10,26H,2H2,1H3,(H,27,28)(H,23,25,29). The van der Waals surface area contributed by atoms with E-state index in [1.165, 1.54) is 36.4 Å². The second-order valence-electron chi connectivity index (χ2n) is 6.03. The van der Waals surface area contributed by atoms with Crippen molar-refractivity contribution >= 4 is 29.0 Å². The van der Waals surface area contributed by atoms with Gasteiger partial charge in [-0.1, -0.05) is 18.5 Å². The minimum absolute atomic E-state index is 0.0963. The zero-order chi connectivity index (χ0) is 21.1. The Balaban J connectivity index is 2.16. The average molecular weight is 414 g/mol. The molecule has 0 unspecified atom stereocenters. The maximum atomic E-state index is 12.4. The minimum Gasteiger partial charge on any atom is -0.493 e. The number of nitrogens with one attached hydrogen (secondary N) is 1. The normalized spacial score (nSPS) is 11.4. The number of rotatable bonds is 5. The zero-order valence-corrected chi connectivity index (χ0v) is 16.0. The Hall–Kier alpha value is -3.65. The quantitative estimate of drug-likeness (QED) is 0.554. The Morgan fingerprint density at radius 3 is 2.28 bits per heavy atom. The highest BCUT2D eigenvalue weighted by molar-refractivity contribution is 6.30. The molecule has 0 saturated carbocycles. The van der Waals surface area contributed by atoms with Crippen LogP contribution in [-0.4, -0.2) is 31.4 Å². The Bertz CT molecular complexity index is 1210. The third kappa shape index (κ3) is 4.12. The molecule has 0 atom stereocenters. The van der Waals surface area contributed by atoms with Gasteiger partial charge in [-0.25, -0.2) is 14.2 Å². The van der Waals surface area contributed by atoms with Crippen LogP contribution in [0.25, 0.3) is 5.69 Å². The summed E-state index contributed by atoms with van der Waals surface area (Å²) in [6, 6.07) is 11.9. The van der Waals surface area contributed by atoms with Crippen LogP contribution >= 0.6 is 11.6 Å². The highest BCUT2D eigenvalue weighted by Crippen LogP contribution is 2.22. The fourth-order valence-corrected chi connectivity index (χ4v) is 2.89. The van der Waals surface area contributed by atoms with Gasteiger partial charge in [-0.2, -0.15) is 0 Å². The van der Waals surface area contributed by atoms with Gasteiger partial charge in [0.25, 0.3) is 5.56 Å². The molecular formula is C20H16ClN3O5. The van der Waals surface area contributed by atoms with Gasteiger partial charge in [-0.05, 0) is 55.0 Å². The Morgan fingerprint density at radius 2 is 1.72 bits per heavy atom. The lowest BCUT2D eigenvalue weighted by Gasteiger charge is -2.12. The molecule has 3 N–H and O–H groups in total. The van der Waals surface area contributed by atoms with Crippen LogP contribution < -0.4 is 11.2 Å². The second kappa shape index (κ2) is 8.15. The van der Waals surface area contributed by atoms with E-state index in [4.69, 9.17) is 16.7 Å². The van der Waals surface area contributed by atoms with E-state index in [-0.39, 0.29) is 23.3 Å². The summed E-state index contributed by atoms with van der Waals surface area (Å²) in [5.41, 5.74) is -0.691. The number of aliphatic imine (C=N–C) groups is 1. The molecule has 3 rings (SSSR count). The molecule has 148 valence electrons. The van der Waals surface area contributed by atoms with E-state index < -0.39 is 23.1 Å². The average Bonchev–Trinajstić information content (AvgIpc) is 2.68. The molecule has 29 heavy (non-hydrogen) atoms. The zero-order valence-electron chi connectivity index (χ0n) is 15.2. The number of aromatic amines is 1. The highest BCUT2D eigenvalue weighted by atomic mass is 35.5. The molecule has 0 aliphatic heterocycles. The summed E-state index contributed by atoms with van der Waals surface area (Å²) in [5.74, 6) is -1.62. The van der Waals surface area contributed by atoms with Crippen molar-refractivity contribution < 1.29 is 15.0 Å². The van der Waals surface area contributed by atoms with Gasteiger partial charge in [0.2, 0.25) is 5.88 Å². The molecule has 8 nitrogen and oxygen atoms in total. The van der Waals surface area contributed by atoms with Crippen molar-refractivity contribution in [1.82, 2.24) is 9.55 Å². The summed E-state index contributed by atoms with van der Waals surface area (Å²) in [7, 11) is 0. The lowest BCUT2D eigenvalue weighted by atomic mass is 10.1. The van der Waals surface area contributed by atoms with Crippen molar-refractivity contribution in [3.8, 4) is 11.6 Å². The molecular weight excluding hydrogens is 398 g/mol. The SMILES string of the molecule is CCC(=Nc1ccc(C(=O)O)cc1)c1c(O)n(-c2ccc(Cl)cc2)c(=O)[nH]c1=O. The number of aromatic carboxylic acids is 1. The number of nitrogens with zero attached hydrogens (tertiary/aromatic N) is 2. The smallest absolute Gasteiger partial charge is 0.335 e. The molecule has 0 spiro atoms. The number of hydrogen-bond donors (Lipinski definition) is 3. The van der Waals surface area contributed by atoms with Gasteiger partial charge in [0.1, 0.15) is 5.56 Å². The largest absolute Gasteiger partial charge is 0.493 e. The number of H-pyrrole nitrogens is 1. The van der Waals surface area contributed by atoms with Crippen LogP contribution in [0.2, 0.25) is 5.02 Å². The molecule has 0 bridgehead atoms. The first-order valence-electron chi connectivity index (χ1n) is 8.57. The van der Waals surface area contributed by atoms with E-state index in [0.29, 0.717) is 16.4 Å². The van der Waals surface area contributed by atoms with Gasteiger partial charge in [0, 0.05) is 5.02 Å². The van der Waals surface area contributed by atoms with E-state index in [0.717, 1.165) is 4.57 Å². The van der Waals surface area contributed by atoms with Crippen LogP contribution in [-0.2, 0) is 0 Å². The predicted octanol–water partition coefficient (Wildman–Crippen LogP) is 3.11. The molecule has 0 amide bonds. The van der Waals surface area contributed by atoms with Gasteiger partial charge >= 0.3 is 11.7 Å². The van der Waals surface area contributed by atoms with Crippen LogP contribution in [0.3, 0.4) is 0 Å². The molecule has 0 radical (unpaired) electrons. The summed E-state index contributed by atoms with van der Waals surface area (Å²) in [6.45, 7) is 1.74. The first-order chi connectivity index (χ1) is 13.8. The molecule has 0 saturated heterocycles. The molecule has 2 aromatic carbocycles. The number of aromatic nitrogens is 2. The van der Waals surface area contributed by atoms with Crippen molar-refractivity contribution in [2.75, 3.05) is 0 Å². The van der Waals surface area contributed by atoms with E-state index in [9.17, 15) is 19.5 Å². The van der Waals surface area contributed by atoms with Gasteiger partial charge < -0.3 is 10.2 Å². The van der Waals surface area contributed by atoms with E-state index >= 15 is 0 Å². The fraction of sp³-hybridized carbons (Fsp3) is 0.100. The second-order valence-corrected chi connectivity index (χ2v) is 6.47. The van der Waals surface area contributed by atoms with Crippen LogP contribution in [0.1, 0.15) is 29.3 Å². The number of halogens is 1. The minimum atomic E-state index is -1.07. The molecule has 0 aliphatic carbocycles. The number of benzene rings is 2. The first kappa shape index (κ1) is 20.1. The Labute approximate surface area is 169 Å². The van der Waals surface area contributed by atoms with Gasteiger partial charge in [0.05, 0.1) is 22.6 Å². The Kier molecular flexibility index (Phi) is 5.65. The van der Waals surface area contributed by atoms with Crippen LogP contribution in [0, 0.1) is 0 Å².